The summed E-state index contributed by atoms with van der Waals surface area (Å²) in [6.45, 7) is 8.42. The molecule has 160 valence electrons. The Balaban J connectivity index is 1.37. The average molecular weight is 446 g/mol. The predicted octanol–water partition coefficient (Wildman–Crippen LogP) is 3.14. The fourth-order valence-electron chi connectivity index (χ4n) is 4.27. The first kappa shape index (κ1) is 20.0. The van der Waals surface area contributed by atoms with Crippen molar-refractivity contribution in [1.82, 2.24) is 24.7 Å². The quantitative estimate of drug-likeness (QED) is 0.599. The monoisotopic (exact) mass is 445 g/mol. The maximum Gasteiger partial charge on any atom is 0.228 e. The second-order valence-corrected chi connectivity index (χ2v) is 10.00. The topological polar surface area (TPSA) is 95.0 Å². The molecule has 0 bridgehead atoms. The van der Waals surface area contributed by atoms with Crippen LogP contribution in [-0.2, 0) is 29.9 Å². The summed E-state index contributed by atoms with van der Waals surface area (Å²) in [5.74, 6) is 3.65. The summed E-state index contributed by atoms with van der Waals surface area (Å²) in [5.41, 5.74) is 7.76. The molecular formula is C20H27N7OS2. The minimum absolute atomic E-state index is 0.619. The van der Waals surface area contributed by atoms with E-state index in [0.29, 0.717) is 11.6 Å². The van der Waals surface area contributed by atoms with E-state index in [4.69, 9.17) is 15.5 Å². The molecule has 10 heteroatoms. The number of fused-ring (bicyclic) bond motifs is 3. The number of nitrogens with two attached hydrogens (primary N) is 1. The zero-order valence-electron chi connectivity index (χ0n) is 17.4. The van der Waals surface area contributed by atoms with E-state index in [0.717, 1.165) is 78.8 Å². The van der Waals surface area contributed by atoms with Crippen LogP contribution in [0.3, 0.4) is 0 Å². The van der Waals surface area contributed by atoms with Gasteiger partial charge in [-0.2, -0.15) is 0 Å². The number of thioether (sulfide) groups is 1. The van der Waals surface area contributed by atoms with E-state index in [1.807, 2.05) is 0 Å². The highest BCUT2D eigenvalue weighted by Gasteiger charge is 2.24. The fraction of sp³-hybridized carbons (Fsp3) is 0.600. The van der Waals surface area contributed by atoms with Crippen LogP contribution in [0.4, 0.5) is 11.8 Å². The summed E-state index contributed by atoms with van der Waals surface area (Å²) < 4.78 is 7.61. The second kappa shape index (κ2) is 8.32. The Morgan fingerprint density at radius 3 is 2.87 bits per heavy atom. The number of hydrogen-bond acceptors (Lipinski definition) is 9. The van der Waals surface area contributed by atoms with Crippen LogP contribution in [0.5, 0.6) is 0 Å². The van der Waals surface area contributed by atoms with Crippen molar-refractivity contribution in [2.45, 2.75) is 50.6 Å². The first-order chi connectivity index (χ1) is 14.6. The lowest BCUT2D eigenvalue weighted by atomic mass is 9.89. The Bertz CT molecular complexity index is 1060. The van der Waals surface area contributed by atoms with Crippen molar-refractivity contribution in [3.05, 3.63) is 16.3 Å². The van der Waals surface area contributed by atoms with Crippen LogP contribution in [0.1, 0.15) is 36.5 Å². The van der Waals surface area contributed by atoms with E-state index >= 15 is 0 Å². The van der Waals surface area contributed by atoms with Crippen molar-refractivity contribution < 1.29 is 4.74 Å². The molecule has 4 heterocycles. The lowest BCUT2D eigenvalue weighted by molar-refractivity contribution is 0.121. The van der Waals surface area contributed by atoms with Gasteiger partial charge in [-0.15, -0.1) is 21.5 Å². The van der Waals surface area contributed by atoms with Crippen LogP contribution in [0, 0.1) is 5.92 Å². The number of aryl methyl sites for hydroxylation is 1. The van der Waals surface area contributed by atoms with Gasteiger partial charge in [-0.05, 0) is 37.7 Å². The van der Waals surface area contributed by atoms with Gasteiger partial charge >= 0.3 is 0 Å². The number of nitrogens with zero attached hydrogens (tertiary/aromatic N) is 6. The standard InChI is InChI=1S/C20H27N7OS2/c1-3-27-19(26-6-8-28-9-7-26)24-25-20(27)29-11-15-22-17(21)16-13-5-4-12(2)10-14(13)30-18(16)23-15/h12H,3-11H2,1-2H3,(H2,21,22,23). The molecule has 2 N–H and O–H groups in total. The molecule has 1 saturated heterocycles. The van der Waals surface area contributed by atoms with Gasteiger partial charge < -0.3 is 15.4 Å². The summed E-state index contributed by atoms with van der Waals surface area (Å²) in [6, 6.07) is 0. The van der Waals surface area contributed by atoms with E-state index in [9.17, 15) is 0 Å². The highest BCUT2D eigenvalue weighted by molar-refractivity contribution is 7.98. The Hall–Kier alpha value is -1.91. The molecular weight excluding hydrogens is 418 g/mol. The highest BCUT2D eigenvalue weighted by Crippen LogP contribution is 2.39. The molecule has 0 amide bonds. The van der Waals surface area contributed by atoms with E-state index in [2.05, 4.69) is 38.5 Å². The number of thiophene rings is 1. The Labute approximate surface area is 184 Å². The summed E-state index contributed by atoms with van der Waals surface area (Å²) >= 11 is 3.41. The number of ether oxygens (including phenoxy) is 1. The number of morpholine rings is 1. The Kier molecular flexibility index (Phi) is 5.55. The molecule has 0 radical (unpaired) electrons. The first-order valence-electron chi connectivity index (χ1n) is 10.6. The van der Waals surface area contributed by atoms with Gasteiger partial charge in [-0.25, -0.2) is 9.97 Å². The second-order valence-electron chi connectivity index (χ2n) is 7.97. The summed E-state index contributed by atoms with van der Waals surface area (Å²) in [6.07, 6.45) is 3.43. The van der Waals surface area contributed by atoms with E-state index < -0.39 is 0 Å². The molecule has 1 fully saturated rings. The van der Waals surface area contributed by atoms with Gasteiger partial charge in [-0.1, -0.05) is 18.7 Å². The van der Waals surface area contributed by atoms with Crippen LogP contribution >= 0.6 is 23.1 Å². The normalized spacial score (nSPS) is 19.4. The van der Waals surface area contributed by atoms with Gasteiger partial charge in [0.05, 0.1) is 24.4 Å². The predicted molar refractivity (Wildman–Crippen MR) is 121 cm³/mol. The highest BCUT2D eigenvalue weighted by atomic mass is 32.2. The number of aromatic nitrogens is 5. The molecule has 1 aliphatic heterocycles. The molecule has 30 heavy (non-hydrogen) atoms. The fourth-order valence-corrected chi connectivity index (χ4v) is 6.53. The molecule has 5 rings (SSSR count). The smallest absolute Gasteiger partial charge is 0.228 e. The van der Waals surface area contributed by atoms with Crippen LogP contribution in [0.2, 0.25) is 0 Å². The zero-order chi connectivity index (χ0) is 20.7. The number of hydrogen-bond donors (Lipinski definition) is 1. The number of nitrogen functional groups attached to an aromatic ring is 1. The lowest BCUT2D eigenvalue weighted by Crippen LogP contribution is -2.38. The Morgan fingerprint density at radius 2 is 2.07 bits per heavy atom. The molecule has 1 aliphatic carbocycles. The van der Waals surface area contributed by atoms with Crippen LogP contribution < -0.4 is 10.6 Å². The maximum absolute atomic E-state index is 6.38. The average Bonchev–Trinajstić information content (AvgIpc) is 3.33. The minimum Gasteiger partial charge on any atom is -0.383 e. The van der Waals surface area contributed by atoms with E-state index in [-0.39, 0.29) is 0 Å². The summed E-state index contributed by atoms with van der Waals surface area (Å²) in [5, 5.41) is 10.8. The molecule has 0 saturated carbocycles. The summed E-state index contributed by atoms with van der Waals surface area (Å²) in [4.78, 5) is 14.2. The molecule has 3 aromatic heterocycles. The third kappa shape index (κ3) is 3.65. The van der Waals surface area contributed by atoms with Gasteiger partial charge in [0.2, 0.25) is 5.95 Å². The number of rotatable bonds is 5. The summed E-state index contributed by atoms with van der Waals surface area (Å²) in [7, 11) is 0. The van der Waals surface area contributed by atoms with Gasteiger partial charge in [0.15, 0.2) is 5.16 Å². The van der Waals surface area contributed by atoms with Crippen molar-refractivity contribution >= 4 is 45.1 Å². The molecule has 2 aliphatic rings. The molecule has 1 unspecified atom stereocenters. The van der Waals surface area contributed by atoms with Crippen LogP contribution in [0.15, 0.2) is 5.16 Å². The van der Waals surface area contributed by atoms with Crippen molar-refractivity contribution in [3.63, 3.8) is 0 Å². The van der Waals surface area contributed by atoms with Gasteiger partial charge in [-0.3, -0.25) is 4.57 Å². The van der Waals surface area contributed by atoms with Gasteiger partial charge in [0.25, 0.3) is 0 Å². The molecule has 0 aromatic carbocycles. The van der Waals surface area contributed by atoms with Crippen molar-refractivity contribution in [3.8, 4) is 0 Å². The van der Waals surface area contributed by atoms with E-state index in [1.165, 1.54) is 16.9 Å². The minimum atomic E-state index is 0.619. The first-order valence-corrected chi connectivity index (χ1v) is 12.4. The third-order valence-corrected chi connectivity index (χ3v) is 7.98. The largest absolute Gasteiger partial charge is 0.383 e. The molecule has 0 spiro atoms. The Morgan fingerprint density at radius 1 is 1.23 bits per heavy atom. The van der Waals surface area contributed by atoms with Crippen molar-refractivity contribution in [1.29, 1.82) is 0 Å². The van der Waals surface area contributed by atoms with Crippen molar-refractivity contribution in [2.75, 3.05) is 36.9 Å². The van der Waals surface area contributed by atoms with Gasteiger partial charge in [0, 0.05) is 24.5 Å². The van der Waals surface area contributed by atoms with Crippen molar-refractivity contribution in [2.24, 2.45) is 5.92 Å². The SMILES string of the molecule is CCn1c(SCc2nc(N)c3c4c(sc3n2)CC(C)CC4)nnc1N1CCOCC1. The molecule has 3 aromatic rings. The zero-order valence-corrected chi connectivity index (χ0v) is 19.1. The van der Waals surface area contributed by atoms with Gasteiger partial charge in [0.1, 0.15) is 16.5 Å². The lowest BCUT2D eigenvalue weighted by Gasteiger charge is -2.27. The molecule has 1 atom stereocenters. The number of anilines is 2. The van der Waals surface area contributed by atoms with Crippen LogP contribution in [0.25, 0.3) is 10.2 Å². The maximum atomic E-state index is 6.38. The third-order valence-electron chi connectivity index (χ3n) is 5.87. The van der Waals surface area contributed by atoms with E-state index in [1.54, 1.807) is 23.1 Å². The molecule has 8 nitrogen and oxygen atoms in total. The van der Waals surface area contributed by atoms with Crippen LogP contribution in [-0.4, -0.2) is 51.0 Å².